The average molecular weight is 571 g/mol. The molecular weight excluding hydrogens is 520 g/mol. The minimum atomic E-state index is -0.752. The Morgan fingerprint density at radius 1 is 1.17 bits per heavy atom. The number of nitrogens with one attached hydrogen (secondary N) is 1. The molecule has 3 aliphatic carbocycles. The van der Waals surface area contributed by atoms with E-state index in [0.717, 1.165) is 30.9 Å². The molecule has 0 radical (unpaired) electrons. The number of nitrogens with two attached hydrogens (primary N) is 1. The minimum absolute atomic E-state index is 0.0308. The van der Waals surface area contributed by atoms with E-state index in [1.54, 1.807) is 12.1 Å². The zero-order chi connectivity index (χ0) is 29.9. The number of hydrogen-bond donors (Lipinski definition) is 4. The quantitative estimate of drug-likeness (QED) is 0.0946. The molecule has 3 saturated carbocycles. The molecule has 3 aliphatic rings. The minimum Gasteiger partial charge on any atom is -0.481 e. The highest BCUT2D eigenvalue weighted by Gasteiger charge is 2.58. The molecule has 0 bridgehead atoms. The highest BCUT2D eigenvalue weighted by atomic mass is 16.6. The molecule has 0 spiro atoms. The van der Waals surface area contributed by atoms with Crippen molar-refractivity contribution in [1.82, 2.24) is 0 Å². The average Bonchev–Trinajstić information content (AvgIpc) is 3.23. The van der Waals surface area contributed by atoms with Crippen molar-refractivity contribution >= 4 is 28.7 Å². The summed E-state index contributed by atoms with van der Waals surface area (Å²) in [5.74, 6) is 1.11. The first-order valence-corrected chi connectivity index (χ1v) is 15.6. The number of aliphatic hydroxyl groups is 1. The number of anilines is 2. The Hall–Kier alpha value is -2.68. The van der Waals surface area contributed by atoms with Gasteiger partial charge in [0.2, 0.25) is 0 Å². The molecule has 0 aromatic heterocycles. The van der Waals surface area contributed by atoms with Crippen molar-refractivity contribution in [2.75, 3.05) is 11.2 Å². The molecule has 1 aromatic carbocycles. The van der Waals surface area contributed by atoms with Crippen molar-refractivity contribution in [2.24, 2.45) is 45.5 Å². The fourth-order valence-electron chi connectivity index (χ4n) is 8.76. The van der Waals surface area contributed by atoms with Crippen LogP contribution in [0.25, 0.3) is 0 Å². The molecule has 0 heterocycles. The monoisotopic (exact) mass is 570 g/mol. The number of benzene rings is 1. The first-order valence-electron chi connectivity index (χ1n) is 15.6. The van der Waals surface area contributed by atoms with Crippen LogP contribution < -0.4 is 11.2 Å². The molecular formula is C32H50N4O5. The lowest BCUT2D eigenvalue weighted by Gasteiger charge is -2.55. The number of carboxylic acids is 1. The van der Waals surface area contributed by atoms with Gasteiger partial charge >= 0.3 is 5.97 Å². The number of carbonyl (C=O) groups is 1. The second kappa shape index (κ2) is 12.7. The Balaban J connectivity index is 1.61. The smallest absolute Gasteiger partial charge is 0.303 e. The third-order valence-electron chi connectivity index (χ3n) is 11.1. The summed E-state index contributed by atoms with van der Waals surface area (Å²) < 4.78 is 0. The summed E-state index contributed by atoms with van der Waals surface area (Å²) in [5.41, 5.74) is 9.60. The zero-order valence-corrected chi connectivity index (χ0v) is 25.3. The highest BCUT2D eigenvalue weighted by molar-refractivity contribution is 5.92. The first-order chi connectivity index (χ1) is 19.3. The van der Waals surface area contributed by atoms with Crippen molar-refractivity contribution < 1.29 is 19.9 Å². The van der Waals surface area contributed by atoms with Crippen LogP contribution in [0.3, 0.4) is 0 Å². The largest absolute Gasteiger partial charge is 0.481 e. The van der Waals surface area contributed by atoms with Gasteiger partial charge in [0.05, 0.1) is 11.0 Å². The lowest BCUT2D eigenvalue weighted by atomic mass is 9.50. The number of fused-ring (bicyclic) bond motifs is 1. The van der Waals surface area contributed by atoms with E-state index in [9.17, 15) is 25.1 Å². The van der Waals surface area contributed by atoms with Crippen LogP contribution in [-0.4, -0.2) is 32.9 Å². The van der Waals surface area contributed by atoms with Gasteiger partial charge in [0.1, 0.15) is 5.69 Å². The van der Waals surface area contributed by atoms with E-state index in [0.29, 0.717) is 36.8 Å². The molecule has 3 fully saturated rings. The number of hydrogen-bond acceptors (Lipinski definition) is 7. The number of nitrogens with zero attached hydrogens (tertiary/aromatic N) is 2. The Labute approximate surface area is 244 Å². The van der Waals surface area contributed by atoms with Crippen molar-refractivity contribution in [2.45, 2.75) is 111 Å². The number of carboxylic acid groups (broad SMARTS) is 1. The number of rotatable bonds is 11. The number of aliphatic carboxylic acids is 1. The Kier molecular flexibility index (Phi) is 9.66. The van der Waals surface area contributed by atoms with E-state index in [4.69, 9.17) is 10.8 Å². The highest BCUT2D eigenvalue weighted by Crippen LogP contribution is 2.64. The number of unbranched alkanes of at least 4 members (excludes halogenated alkanes) is 1. The van der Waals surface area contributed by atoms with Crippen LogP contribution in [0, 0.1) is 50.5 Å². The SMILES string of the molecule is CC(C)CCCC[C@H]1CCC2C(CC(=O)O)C([C@@]3(C)CC[C@H](O)C/C3=N\Nc3ccc(N)cc3[N+](=O)[O-])CC[C@@]21C. The van der Waals surface area contributed by atoms with Crippen LogP contribution in [0.2, 0.25) is 0 Å². The van der Waals surface area contributed by atoms with Crippen LogP contribution in [0.5, 0.6) is 0 Å². The van der Waals surface area contributed by atoms with Crippen molar-refractivity contribution in [3.63, 3.8) is 0 Å². The summed E-state index contributed by atoms with van der Waals surface area (Å²) in [5, 5.41) is 37.1. The van der Waals surface area contributed by atoms with Gasteiger partial charge in [0, 0.05) is 35.7 Å². The third kappa shape index (κ3) is 6.71. The topological polar surface area (TPSA) is 151 Å². The Morgan fingerprint density at radius 3 is 2.61 bits per heavy atom. The molecule has 9 nitrogen and oxygen atoms in total. The van der Waals surface area contributed by atoms with E-state index in [1.165, 1.54) is 38.2 Å². The standard InChI is InChI=1S/C32H50N4O5/c1-20(2)7-5-6-8-21-9-11-25-24(19-30(38)39)26(14-16-31(21,25)3)32(4)15-13-23(37)18-29(32)35-34-27-12-10-22(33)17-28(27)36(40)41/h10,12,17,20-21,23-26,34,37H,5-9,11,13-16,18-19,33H2,1-4H3,(H,38,39)/b35-29+/t21-,23-,24?,25?,26?,31+,32+/m0/s1. The molecule has 0 amide bonds. The van der Waals surface area contributed by atoms with Gasteiger partial charge < -0.3 is 15.9 Å². The second-order valence-corrected chi connectivity index (χ2v) is 14.0. The summed E-state index contributed by atoms with van der Waals surface area (Å²) in [7, 11) is 0. The van der Waals surface area contributed by atoms with Crippen LogP contribution >= 0.6 is 0 Å². The number of nitro benzene ring substituents is 1. The zero-order valence-electron chi connectivity index (χ0n) is 25.3. The molecule has 1 aromatic rings. The van der Waals surface area contributed by atoms with Crippen LogP contribution in [0.15, 0.2) is 23.3 Å². The summed E-state index contributed by atoms with van der Waals surface area (Å²) in [6, 6.07) is 4.45. The van der Waals surface area contributed by atoms with Gasteiger partial charge in [-0.1, -0.05) is 47.0 Å². The molecule has 9 heteroatoms. The fourth-order valence-corrected chi connectivity index (χ4v) is 8.76. The maximum absolute atomic E-state index is 12.3. The van der Waals surface area contributed by atoms with Crippen molar-refractivity contribution in [1.29, 1.82) is 0 Å². The van der Waals surface area contributed by atoms with Gasteiger partial charge in [-0.25, -0.2) is 0 Å². The van der Waals surface area contributed by atoms with E-state index < -0.39 is 22.4 Å². The Morgan fingerprint density at radius 2 is 1.93 bits per heavy atom. The van der Waals surface area contributed by atoms with Gasteiger partial charge in [0.15, 0.2) is 0 Å². The molecule has 3 unspecified atom stereocenters. The first kappa shape index (κ1) is 31.3. The third-order valence-corrected chi connectivity index (χ3v) is 11.1. The van der Waals surface area contributed by atoms with Crippen LogP contribution in [0.4, 0.5) is 17.1 Å². The lowest BCUT2D eigenvalue weighted by molar-refractivity contribution is -0.383. The summed E-state index contributed by atoms with van der Waals surface area (Å²) in [4.78, 5) is 23.4. The number of nitro groups is 1. The molecule has 0 saturated heterocycles. The molecule has 5 N–H and O–H groups in total. The number of hydrazone groups is 1. The summed E-state index contributed by atoms with van der Waals surface area (Å²) in [6.45, 7) is 9.16. The maximum atomic E-state index is 12.3. The molecule has 4 rings (SSSR count). The number of nitrogen functional groups attached to an aromatic ring is 1. The molecule has 7 atom stereocenters. The van der Waals surface area contributed by atoms with E-state index in [1.807, 2.05) is 0 Å². The van der Waals surface area contributed by atoms with E-state index in [2.05, 4.69) is 33.1 Å². The van der Waals surface area contributed by atoms with Crippen LogP contribution in [0.1, 0.15) is 105 Å². The van der Waals surface area contributed by atoms with Crippen molar-refractivity contribution in [3.8, 4) is 0 Å². The van der Waals surface area contributed by atoms with Gasteiger partial charge in [0.25, 0.3) is 5.69 Å². The predicted octanol–water partition coefficient (Wildman–Crippen LogP) is 7.25. The van der Waals surface area contributed by atoms with Crippen molar-refractivity contribution in [3.05, 3.63) is 28.3 Å². The van der Waals surface area contributed by atoms with Crippen LogP contribution in [-0.2, 0) is 4.79 Å². The predicted molar refractivity (Wildman–Crippen MR) is 163 cm³/mol. The lowest BCUT2D eigenvalue weighted by Crippen LogP contribution is -2.52. The molecule has 0 aliphatic heterocycles. The molecule has 41 heavy (non-hydrogen) atoms. The van der Waals surface area contributed by atoms with Gasteiger partial charge in [-0.2, -0.15) is 5.10 Å². The van der Waals surface area contributed by atoms with Gasteiger partial charge in [-0.15, -0.1) is 0 Å². The second-order valence-electron chi connectivity index (χ2n) is 14.0. The molecule has 228 valence electrons. The normalized spacial score (nSPS) is 34.5. The van der Waals surface area contributed by atoms with Gasteiger partial charge in [-0.05, 0) is 92.1 Å². The maximum Gasteiger partial charge on any atom is 0.303 e. The fraction of sp³-hybridized carbons (Fsp3) is 0.750. The summed E-state index contributed by atoms with van der Waals surface area (Å²) in [6.07, 6.45) is 10.6. The number of aliphatic hydroxyl groups excluding tert-OH is 1. The Bertz CT molecular complexity index is 1140. The van der Waals surface area contributed by atoms with E-state index >= 15 is 0 Å². The van der Waals surface area contributed by atoms with E-state index in [-0.39, 0.29) is 35.0 Å². The summed E-state index contributed by atoms with van der Waals surface area (Å²) >= 11 is 0. The van der Waals surface area contributed by atoms with Gasteiger partial charge in [-0.3, -0.25) is 20.3 Å².